The van der Waals surface area contributed by atoms with Gasteiger partial charge in [0.1, 0.15) is 5.76 Å². The van der Waals surface area contributed by atoms with Gasteiger partial charge in [-0.05, 0) is 64.0 Å². The fourth-order valence-electron chi connectivity index (χ4n) is 2.89. The molecule has 1 atom stereocenters. The minimum absolute atomic E-state index is 0.158. The molecule has 1 aliphatic heterocycles. The number of aromatic nitrogens is 1. The zero-order chi connectivity index (χ0) is 16.2. The Morgan fingerprint density at radius 1 is 1.30 bits per heavy atom. The van der Waals surface area contributed by atoms with E-state index < -0.39 is 0 Å². The van der Waals surface area contributed by atoms with Gasteiger partial charge in [-0.25, -0.2) is 0 Å². The molecule has 0 bridgehead atoms. The van der Waals surface area contributed by atoms with Gasteiger partial charge in [-0.1, -0.05) is 6.07 Å². The number of amides is 1. The smallest absolute Gasteiger partial charge is 0.287 e. The predicted molar refractivity (Wildman–Crippen MR) is 88.1 cm³/mol. The molecular formula is C18H23N3O2. The first-order chi connectivity index (χ1) is 11.1. The second-order valence-electron chi connectivity index (χ2n) is 6.15. The highest BCUT2D eigenvalue weighted by Crippen LogP contribution is 2.16. The number of hydrogen-bond acceptors (Lipinski definition) is 4. The maximum atomic E-state index is 12.3. The van der Waals surface area contributed by atoms with Crippen LogP contribution < -0.4 is 5.32 Å². The molecule has 0 saturated carbocycles. The van der Waals surface area contributed by atoms with Crippen LogP contribution in [0.15, 0.2) is 34.7 Å². The first-order valence-corrected chi connectivity index (χ1v) is 8.17. The minimum Gasteiger partial charge on any atom is -0.455 e. The standard InChI is InChI=1S/C18H23N3O2/c1-13-6-5-7-16(19-13)14(2)20-18(22)17-9-8-15(23-17)12-21-10-3-4-11-21/h5-9,14H,3-4,10-12H2,1-2H3,(H,20,22). The fourth-order valence-corrected chi connectivity index (χ4v) is 2.89. The van der Waals surface area contributed by atoms with Crippen molar-refractivity contribution in [3.05, 3.63) is 53.2 Å². The summed E-state index contributed by atoms with van der Waals surface area (Å²) >= 11 is 0. The molecule has 23 heavy (non-hydrogen) atoms. The van der Waals surface area contributed by atoms with E-state index in [4.69, 9.17) is 4.42 Å². The van der Waals surface area contributed by atoms with Crippen LogP contribution in [0.5, 0.6) is 0 Å². The van der Waals surface area contributed by atoms with Crippen LogP contribution in [0.25, 0.3) is 0 Å². The van der Waals surface area contributed by atoms with Crippen molar-refractivity contribution in [2.45, 2.75) is 39.3 Å². The van der Waals surface area contributed by atoms with E-state index >= 15 is 0 Å². The van der Waals surface area contributed by atoms with Gasteiger partial charge < -0.3 is 9.73 Å². The molecular weight excluding hydrogens is 290 g/mol. The summed E-state index contributed by atoms with van der Waals surface area (Å²) in [5.41, 5.74) is 1.79. The van der Waals surface area contributed by atoms with Crippen molar-refractivity contribution in [3.8, 4) is 0 Å². The van der Waals surface area contributed by atoms with Crippen molar-refractivity contribution in [1.82, 2.24) is 15.2 Å². The Morgan fingerprint density at radius 3 is 2.83 bits per heavy atom. The normalized spacial score (nSPS) is 16.4. The Labute approximate surface area is 136 Å². The molecule has 0 radical (unpaired) electrons. The average molecular weight is 313 g/mol. The molecule has 1 saturated heterocycles. The minimum atomic E-state index is -0.200. The van der Waals surface area contributed by atoms with Gasteiger partial charge in [-0.2, -0.15) is 0 Å². The second kappa shape index (κ2) is 6.96. The van der Waals surface area contributed by atoms with Crippen molar-refractivity contribution < 1.29 is 9.21 Å². The molecule has 3 heterocycles. The maximum absolute atomic E-state index is 12.3. The number of furan rings is 1. The van der Waals surface area contributed by atoms with Crippen molar-refractivity contribution in [3.63, 3.8) is 0 Å². The van der Waals surface area contributed by atoms with E-state index in [1.807, 2.05) is 38.1 Å². The number of likely N-dealkylation sites (tertiary alicyclic amines) is 1. The maximum Gasteiger partial charge on any atom is 0.287 e. The zero-order valence-corrected chi connectivity index (χ0v) is 13.7. The van der Waals surface area contributed by atoms with Crippen LogP contribution >= 0.6 is 0 Å². The zero-order valence-electron chi connectivity index (χ0n) is 13.7. The summed E-state index contributed by atoms with van der Waals surface area (Å²) in [5.74, 6) is 1.01. The lowest BCUT2D eigenvalue weighted by Crippen LogP contribution is -2.27. The molecule has 5 nitrogen and oxygen atoms in total. The second-order valence-corrected chi connectivity index (χ2v) is 6.15. The van der Waals surface area contributed by atoms with E-state index in [2.05, 4.69) is 15.2 Å². The molecule has 2 aromatic heterocycles. The van der Waals surface area contributed by atoms with Gasteiger partial charge in [0.15, 0.2) is 5.76 Å². The van der Waals surface area contributed by atoms with Crippen molar-refractivity contribution in [1.29, 1.82) is 0 Å². The van der Waals surface area contributed by atoms with Crippen LogP contribution in [0.2, 0.25) is 0 Å². The molecule has 122 valence electrons. The Morgan fingerprint density at radius 2 is 2.09 bits per heavy atom. The van der Waals surface area contributed by atoms with Gasteiger partial charge >= 0.3 is 0 Å². The summed E-state index contributed by atoms with van der Waals surface area (Å²) in [7, 11) is 0. The lowest BCUT2D eigenvalue weighted by molar-refractivity contribution is 0.0907. The third kappa shape index (κ3) is 3.99. The highest BCUT2D eigenvalue weighted by Gasteiger charge is 2.18. The van der Waals surface area contributed by atoms with E-state index in [-0.39, 0.29) is 11.9 Å². The number of aryl methyl sites for hydroxylation is 1. The Kier molecular flexibility index (Phi) is 4.76. The van der Waals surface area contributed by atoms with Crippen LogP contribution in [0.1, 0.15) is 53.5 Å². The third-order valence-electron chi connectivity index (χ3n) is 4.16. The molecule has 1 amide bonds. The molecule has 1 fully saturated rings. The molecule has 0 spiro atoms. The van der Waals surface area contributed by atoms with Gasteiger partial charge in [0, 0.05) is 5.69 Å². The number of nitrogens with one attached hydrogen (secondary N) is 1. The SMILES string of the molecule is Cc1cccc(C(C)NC(=O)c2ccc(CN3CCCC3)o2)n1. The number of rotatable bonds is 5. The van der Waals surface area contributed by atoms with Crippen LogP contribution in [0, 0.1) is 6.92 Å². The van der Waals surface area contributed by atoms with Crippen LogP contribution in [-0.4, -0.2) is 28.9 Å². The summed E-state index contributed by atoms with van der Waals surface area (Å²) < 4.78 is 5.69. The topological polar surface area (TPSA) is 58.4 Å². The quantitative estimate of drug-likeness (QED) is 0.921. The highest BCUT2D eigenvalue weighted by atomic mass is 16.4. The van der Waals surface area contributed by atoms with Gasteiger partial charge in [0.05, 0.1) is 18.3 Å². The van der Waals surface area contributed by atoms with E-state index in [0.717, 1.165) is 36.8 Å². The molecule has 1 N–H and O–H groups in total. The number of pyridine rings is 1. The van der Waals surface area contributed by atoms with Gasteiger partial charge in [-0.15, -0.1) is 0 Å². The lowest BCUT2D eigenvalue weighted by Gasteiger charge is -2.13. The van der Waals surface area contributed by atoms with Crippen molar-refractivity contribution >= 4 is 5.91 Å². The summed E-state index contributed by atoms with van der Waals surface area (Å²) in [5, 5.41) is 2.94. The Hall–Kier alpha value is -2.14. The van der Waals surface area contributed by atoms with E-state index in [0.29, 0.717) is 5.76 Å². The first-order valence-electron chi connectivity index (χ1n) is 8.17. The lowest BCUT2D eigenvalue weighted by atomic mass is 10.2. The molecule has 1 aliphatic rings. The fraction of sp³-hybridized carbons (Fsp3) is 0.444. The molecule has 0 aromatic carbocycles. The summed E-state index contributed by atoms with van der Waals surface area (Å²) in [6.45, 7) is 6.86. The molecule has 5 heteroatoms. The summed E-state index contributed by atoms with van der Waals surface area (Å²) in [6, 6.07) is 9.28. The number of carbonyl (C=O) groups is 1. The van der Waals surface area contributed by atoms with Gasteiger partial charge in [0.2, 0.25) is 0 Å². The molecule has 3 rings (SSSR count). The number of carbonyl (C=O) groups excluding carboxylic acids is 1. The van der Waals surface area contributed by atoms with E-state index in [1.165, 1.54) is 12.8 Å². The third-order valence-corrected chi connectivity index (χ3v) is 4.16. The van der Waals surface area contributed by atoms with Crippen LogP contribution in [0.4, 0.5) is 0 Å². The van der Waals surface area contributed by atoms with E-state index in [1.54, 1.807) is 6.07 Å². The number of nitrogens with zero attached hydrogens (tertiary/aromatic N) is 2. The van der Waals surface area contributed by atoms with E-state index in [9.17, 15) is 4.79 Å². The van der Waals surface area contributed by atoms with Gasteiger partial charge in [0.25, 0.3) is 5.91 Å². The Bertz CT molecular complexity index is 674. The molecule has 1 unspecified atom stereocenters. The predicted octanol–water partition coefficient (Wildman–Crippen LogP) is 3.07. The van der Waals surface area contributed by atoms with Crippen LogP contribution in [-0.2, 0) is 6.54 Å². The van der Waals surface area contributed by atoms with Crippen molar-refractivity contribution in [2.24, 2.45) is 0 Å². The highest BCUT2D eigenvalue weighted by molar-refractivity contribution is 5.91. The molecule has 0 aliphatic carbocycles. The summed E-state index contributed by atoms with van der Waals surface area (Å²) in [4.78, 5) is 19.1. The monoisotopic (exact) mass is 313 g/mol. The largest absolute Gasteiger partial charge is 0.455 e. The van der Waals surface area contributed by atoms with Crippen LogP contribution in [0.3, 0.4) is 0 Å². The first kappa shape index (κ1) is 15.7. The van der Waals surface area contributed by atoms with Gasteiger partial charge in [-0.3, -0.25) is 14.7 Å². The summed E-state index contributed by atoms with van der Waals surface area (Å²) in [6.07, 6.45) is 2.49. The Balaban J connectivity index is 1.60. The van der Waals surface area contributed by atoms with Crippen molar-refractivity contribution in [2.75, 3.05) is 13.1 Å². The average Bonchev–Trinajstić information content (AvgIpc) is 3.19. The molecule has 2 aromatic rings. The number of hydrogen-bond donors (Lipinski definition) is 1.